The molecule has 116 valence electrons. The predicted molar refractivity (Wildman–Crippen MR) is 95.0 cm³/mol. The van der Waals surface area contributed by atoms with Gasteiger partial charge in [0.1, 0.15) is 9.84 Å². The van der Waals surface area contributed by atoms with Gasteiger partial charge in [0, 0.05) is 43.9 Å². The van der Waals surface area contributed by atoms with Crippen LogP contribution in [0.4, 0.5) is 0 Å². The van der Waals surface area contributed by atoms with Crippen LogP contribution in [0.15, 0.2) is 11.2 Å². The fraction of sp³-hybridized carbons (Fsp3) is 0.636. The number of nitrogens with zero attached hydrogens (tertiary/aromatic N) is 2. The van der Waals surface area contributed by atoms with Crippen LogP contribution in [-0.2, 0) is 16.3 Å². The summed E-state index contributed by atoms with van der Waals surface area (Å²) in [6.45, 7) is 3.10. The number of hydrogen-bond donors (Lipinski definition) is 2. The molecular weight excluding hydrogens is 411 g/mol. The molecule has 0 aliphatic carbocycles. The minimum absolute atomic E-state index is 0. The minimum Gasteiger partial charge on any atom is -0.356 e. The maximum absolute atomic E-state index is 11.0. The molecule has 20 heavy (non-hydrogen) atoms. The fourth-order valence-electron chi connectivity index (χ4n) is 1.38. The zero-order valence-electron chi connectivity index (χ0n) is 11.8. The zero-order valence-corrected chi connectivity index (χ0v) is 15.8. The minimum atomic E-state index is -2.94. The molecule has 0 aromatic carbocycles. The van der Waals surface area contributed by atoms with Gasteiger partial charge in [0.2, 0.25) is 0 Å². The maximum atomic E-state index is 11.0. The molecule has 0 spiro atoms. The molecule has 0 saturated carbocycles. The van der Waals surface area contributed by atoms with E-state index in [1.807, 2.05) is 13.1 Å². The Morgan fingerprint density at radius 2 is 2.05 bits per heavy atom. The predicted octanol–water partition coefficient (Wildman–Crippen LogP) is 0.822. The van der Waals surface area contributed by atoms with Crippen LogP contribution in [0.5, 0.6) is 0 Å². The molecule has 9 heteroatoms. The molecule has 1 rings (SSSR count). The van der Waals surface area contributed by atoms with E-state index in [2.05, 4.69) is 20.6 Å². The lowest BCUT2D eigenvalue weighted by Gasteiger charge is -2.10. The number of nitrogens with one attached hydrogen (secondary N) is 2. The van der Waals surface area contributed by atoms with Gasteiger partial charge in [0.05, 0.1) is 10.8 Å². The van der Waals surface area contributed by atoms with Crippen molar-refractivity contribution in [3.63, 3.8) is 0 Å². The molecule has 0 amide bonds. The highest BCUT2D eigenvalue weighted by atomic mass is 127. The van der Waals surface area contributed by atoms with E-state index < -0.39 is 9.84 Å². The van der Waals surface area contributed by atoms with Crippen molar-refractivity contribution in [3.05, 3.63) is 16.1 Å². The molecule has 0 radical (unpaired) electrons. The third-order valence-electron chi connectivity index (χ3n) is 2.29. The van der Waals surface area contributed by atoms with Crippen molar-refractivity contribution in [1.29, 1.82) is 0 Å². The highest BCUT2D eigenvalue weighted by Gasteiger charge is 2.03. The molecule has 0 aliphatic rings. The molecule has 0 aliphatic heterocycles. The summed E-state index contributed by atoms with van der Waals surface area (Å²) in [5.74, 6) is 0.705. The van der Waals surface area contributed by atoms with Crippen molar-refractivity contribution >= 4 is 51.1 Å². The number of aryl methyl sites for hydroxylation is 1. The molecular formula is C11H21IN4O2S2. The van der Waals surface area contributed by atoms with E-state index >= 15 is 0 Å². The summed E-state index contributed by atoms with van der Waals surface area (Å²) in [6.07, 6.45) is 3.90. The van der Waals surface area contributed by atoms with Crippen LogP contribution in [0, 0.1) is 6.92 Å². The molecule has 0 fully saturated rings. The van der Waals surface area contributed by atoms with Crippen LogP contribution >= 0.6 is 35.3 Å². The second-order valence-electron chi connectivity index (χ2n) is 4.17. The molecule has 2 N–H and O–H groups in total. The van der Waals surface area contributed by atoms with Crippen LogP contribution < -0.4 is 10.6 Å². The summed E-state index contributed by atoms with van der Waals surface area (Å²) in [4.78, 5) is 9.50. The molecule has 1 heterocycles. The standard InChI is InChI=1S/C11H20N4O2S2.HI/c1-9-8-15-10(18-9)4-5-13-11(12-2)14-6-7-19(3,16)17;/h8H,4-7H2,1-3H3,(H2,12,13,14);1H. The van der Waals surface area contributed by atoms with Gasteiger partial charge in [-0.3, -0.25) is 4.99 Å². The Balaban J connectivity index is 0.00000361. The molecule has 0 bridgehead atoms. The first-order chi connectivity index (χ1) is 8.90. The van der Waals surface area contributed by atoms with Gasteiger partial charge in [0.15, 0.2) is 5.96 Å². The number of aromatic nitrogens is 1. The van der Waals surface area contributed by atoms with E-state index in [-0.39, 0.29) is 29.7 Å². The molecule has 0 saturated heterocycles. The van der Waals surface area contributed by atoms with Crippen molar-refractivity contribution in [1.82, 2.24) is 15.6 Å². The highest BCUT2D eigenvalue weighted by Crippen LogP contribution is 2.10. The van der Waals surface area contributed by atoms with Gasteiger partial charge in [-0.1, -0.05) is 0 Å². The monoisotopic (exact) mass is 432 g/mol. The first kappa shape index (κ1) is 19.6. The molecule has 0 atom stereocenters. The maximum Gasteiger partial charge on any atom is 0.191 e. The summed E-state index contributed by atoms with van der Waals surface area (Å²) in [5, 5.41) is 7.16. The molecule has 1 aromatic heterocycles. The van der Waals surface area contributed by atoms with Crippen molar-refractivity contribution < 1.29 is 8.42 Å². The van der Waals surface area contributed by atoms with Gasteiger partial charge in [-0.05, 0) is 6.92 Å². The first-order valence-corrected chi connectivity index (χ1v) is 8.82. The fourth-order valence-corrected chi connectivity index (χ4v) is 2.64. The lowest BCUT2D eigenvalue weighted by molar-refractivity contribution is 0.600. The summed E-state index contributed by atoms with van der Waals surface area (Å²) in [7, 11) is -1.29. The van der Waals surface area contributed by atoms with Crippen LogP contribution in [0.3, 0.4) is 0 Å². The summed E-state index contributed by atoms with van der Waals surface area (Å²) in [6, 6.07) is 0. The number of rotatable bonds is 6. The quantitative estimate of drug-likeness (QED) is 0.395. The second kappa shape index (κ2) is 9.50. The first-order valence-electron chi connectivity index (χ1n) is 5.94. The smallest absolute Gasteiger partial charge is 0.191 e. The lowest BCUT2D eigenvalue weighted by Crippen LogP contribution is -2.40. The molecule has 1 aromatic rings. The van der Waals surface area contributed by atoms with Crippen LogP contribution in [-0.4, -0.2) is 51.5 Å². The van der Waals surface area contributed by atoms with Gasteiger partial charge >= 0.3 is 0 Å². The number of sulfone groups is 1. The van der Waals surface area contributed by atoms with E-state index in [1.165, 1.54) is 11.1 Å². The highest BCUT2D eigenvalue weighted by molar-refractivity contribution is 14.0. The topological polar surface area (TPSA) is 83.4 Å². The van der Waals surface area contributed by atoms with Crippen molar-refractivity contribution in [3.8, 4) is 0 Å². The van der Waals surface area contributed by atoms with Crippen LogP contribution in [0.2, 0.25) is 0 Å². The SMILES string of the molecule is CN=C(NCCc1ncc(C)s1)NCCS(C)(=O)=O.I. The van der Waals surface area contributed by atoms with E-state index in [0.29, 0.717) is 19.0 Å². The largest absolute Gasteiger partial charge is 0.356 e. The average molecular weight is 432 g/mol. The normalized spacial score (nSPS) is 11.8. The van der Waals surface area contributed by atoms with Gasteiger partial charge in [-0.15, -0.1) is 35.3 Å². The van der Waals surface area contributed by atoms with E-state index in [4.69, 9.17) is 0 Å². The Bertz CT molecular complexity index is 528. The Morgan fingerprint density at radius 3 is 2.55 bits per heavy atom. The number of thiazole rings is 1. The van der Waals surface area contributed by atoms with Crippen molar-refractivity contribution in [2.75, 3.05) is 32.1 Å². The average Bonchev–Trinajstić information content (AvgIpc) is 2.71. The van der Waals surface area contributed by atoms with E-state index in [9.17, 15) is 8.42 Å². The van der Waals surface area contributed by atoms with Gasteiger partial charge in [0.25, 0.3) is 0 Å². The van der Waals surface area contributed by atoms with Gasteiger partial charge in [-0.25, -0.2) is 13.4 Å². The number of aliphatic imine (C=N–C) groups is 1. The summed E-state index contributed by atoms with van der Waals surface area (Å²) >= 11 is 1.68. The van der Waals surface area contributed by atoms with Crippen LogP contribution in [0.25, 0.3) is 0 Å². The third-order valence-corrected chi connectivity index (χ3v) is 4.21. The lowest BCUT2D eigenvalue weighted by atomic mass is 10.4. The molecule has 6 nitrogen and oxygen atoms in total. The number of hydrogen-bond acceptors (Lipinski definition) is 5. The van der Waals surface area contributed by atoms with Crippen molar-refractivity contribution in [2.24, 2.45) is 4.99 Å². The number of halogens is 1. The van der Waals surface area contributed by atoms with Crippen molar-refractivity contribution in [2.45, 2.75) is 13.3 Å². The Kier molecular flexibility index (Phi) is 9.30. The Hall–Kier alpha value is -0.420. The summed E-state index contributed by atoms with van der Waals surface area (Å²) < 4.78 is 22.0. The zero-order chi connectivity index (χ0) is 14.3. The summed E-state index contributed by atoms with van der Waals surface area (Å²) in [5.41, 5.74) is 0. The van der Waals surface area contributed by atoms with Crippen LogP contribution in [0.1, 0.15) is 9.88 Å². The van der Waals surface area contributed by atoms with Gasteiger partial charge in [-0.2, -0.15) is 0 Å². The Labute approximate surface area is 141 Å². The third kappa shape index (κ3) is 8.69. The van der Waals surface area contributed by atoms with E-state index in [0.717, 1.165) is 11.4 Å². The number of guanidine groups is 1. The molecule has 0 unspecified atom stereocenters. The Morgan fingerprint density at radius 1 is 1.40 bits per heavy atom. The van der Waals surface area contributed by atoms with Gasteiger partial charge < -0.3 is 10.6 Å². The van der Waals surface area contributed by atoms with E-state index in [1.54, 1.807) is 18.4 Å². The second-order valence-corrected chi connectivity index (χ2v) is 7.75.